The molecule has 0 radical (unpaired) electrons. The van der Waals surface area contributed by atoms with E-state index in [1.165, 1.54) is 6.42 Å². The molecule has 1 heterocycles. The Labute approximate surface area is 126 Å². The molecule has 116 valence electrons. The number of rotatable bonds is 3. The highest BCUT2D eigenvalue weighted by Crippen LogP contribution is 2.41. The van der Waals surface area contributed by atoms with Crippen LogP contribution in [0.25, 0.3) is 0 Å². The van der Waals surface area contributed by atoms with Crippen molar-refractivity contribution >= 4 is 5.69 Å². The smallest absolute Gasteiger partial charge is 0.146 e. The van der Waals surface area contributed by atoms with Crippen molar-refractivity contribution in [2.45, 2.75) is 44.2 Å². The second-order valence-corrected chi connectivity index (χ2v) is 6.56. The third-order valence-electron chi connectivity index (χ3n) is 5.16. The summed E-state index contributed by atoms with van der Waals surface area (Å²) in [6.45, 7) is 2.20. The molecule has 2 atom stereocenters. The molecule has 3 rings (SSSR count). The number of aliphatic hydroxyl groups is 1. The molecule has 0 amide bonds. The van der Waals surface area contributed by atoms with Crippen LogP contribution in [0.3, 0.4) is 0 Å². The number of nitrogens with one attached hydrogen (secondary N) is 1. The van der Waals surface area contributed by atoms with E-state index in [2.05, 4.69) is 10.2 Å². The molecule has 1 saturated heterocycles. The van der Waals surface area contributed by atoms with Crippen molar-refractivity contribution in [3.63, 3.8) is 0 Å². The highest BCUT2D eigenvalue weighted by molar-refractivity contribution is 5.50. The molecule has 2 aliphatic rings. The molecular formula is C17H25FN2O. The summed E-state index contributed by atoms with van der Waals surface area (Å²) in [6, 6.07) is 5.49. The molecule has 1 aromatic rings. The van der Waals surface area contributed by atoms with Gasteiger partial charge in [-0.25, -0.2) is 4.39 Å². The first-order valence-corrected chi connectivity index (χ1v) is 8.03. The van der Waals surface area contributed by atoms with E-state index in [4.69, 9.17) is 0 Å². The lowest BCUT2D eigenvalue weighted by Gasteiger charge is -2.48. The maximum atomic E-state index is 14.3. The minimum Gasteiger partial charge on any atom is -0.389 e. The SMILES string of the molecule is CNCc1ccc(N2CCC3(O)CCCCC3C2)c(F)c1. The summed E-state index contributed by atoms with van der Waals surface area (Å²) < 4.78 is 14.3. The summed E-state index contributed by atoms with van der Waals surface area (Å²) in [6.07, 6.45) is 5.04. The van der Waals surface area contributed by atoms with Crippen molar-refractivity contribution in [2.24, 2.45) is 5.92 Å². The van der Waals surface area contributed by atoms with E-state index in [-0.39, 0.29) is 11.7 Å². The summed E-state index contributed by atoms with van der Waals surface area (Å²) >= 11 is 0. The van der Waals surface area contributed by atoms with Crippen molar-refractivity contribution < 1.29 is 9.50 Å². The normalized spacial score (nSPS) is 29.3. The summed E-state index contributed by atoms with van der Waals surface area (Å²) in [5.74, 6) is 0.139. The van der Waals surface area contributed by atoms with Gasteiger partial charge in [0.05, 0.1) is 11.3 Å². The van der Waals surface area contributed by atoms with Gasteiger partial charge in [0, 0.05) is 25.6 Å². The van der Waals surface area contributed by atoms with Gasteiger partial charge in [0.2, 0.25) is 0 Å². The van der Waals surface area contributed by atoms with E-state index in [0.717, 1.165) is 44.3 Å². The van der Waals surface area contributed by atoms with Crippen LogP contribution < -0.4 is 10.2 Å². The number of nitrogens with zero attached hydrogens (tertiary/aromatic N) is 1. The first kappa shape index (κ1) is 14.8. The van der Waals surface area contributed by atoms with Crippen LogP contribution in [0.5, 0.6) is 0 Å². The van der Waals surface area contributed by atoms with Crippen molar-refractivity contribution in [1.29, 1.82) is 0 Å². The second-order valence-electron chi connectivity index (χ2n) is 6.56. The molecule has 4 heteroatoms. The third kappa shape index (κ3) is 2.92. The Morgan fingerprint density at radius 2 is 2.24 bits per heavy atom. The lowest BCUT2D eigenvalue weighted by molar-refractivity contribution is -0.0613. The Balaban J connectivity index is 1.76. The van der Waals surface area contributed by atoms with Crippen LogP contribution in [0.2, 0.25) is 0 Å². The number of piperidine rings is 1. The molecule has 3 nitrogen and oxygen atoms in total. The zero-order valence-corrected chi connectivity index (χ0v) is 12.7. The van der Waals surface area contributed by atoms with E-state index in [1.807, 2.05) is 19.2 Å². The van der Waals surface area contributed by atoms with Gasteiger partial charge >= 0.3 is 0 Å². The molecule has 2 fully saturated rings. The molecule has 0 spiro atoms. The van der Waals surface area contributed by atoms with Crippen LogP contribution in [-0.4, -0.2) is 30.8 Å². The van der Waals surface area contributed by atoms with Crippen LogP contribution in [0.15, 0.2) is 18.2 Å². The molecule has 1 aliphatic heterocycles. The minimum absolute atomic E-state index is 0.149. The number of hydrogen-bond donors (Lipinski definition) is 2. The molecule has 2 unspecified atom stereocenters. The standard InChI is InChI=1S/C17H25FN2O/c1-19-11-13-5-6-16(15(18)10-13)20-9-8-17(21)7-3-2-4-14(17)12-20/h5-6,10,14,19,21H,2-4,7-9,11-12H2,1H3. The van der Waals surface area contributed by atoms with Gasteiger partial charge in [0.1, 0.15) is 5.82 Å². The quantitative estimate of drug-likeness (QED) is 0.899. The van der Waals surface area contributed by atoms with Gasteiger partial charge in [-0.3, -0.25) is 0 Å². The maximum absolute atomic E-state index is 14.3. The second kappa shape index (κ2) is 5.93. The number of halogens is 1. The van der Waals surface area contributed by atoms with Crippen molar-refractivity contribution in [3.8, 4) is 0 Å². The Morgan fingerprint density at radius 3 is 3.00 bits per heavy atom. The molecule has 21 heavy (non-hydrogen) atoms. The fraction of sp³-hybridized carbons (Fsp3) is 0.647. The number of benzene rings is 1. The van der Waals surface area contributed by atoms with E-state index < -0.39 is 5.60 Å². The predicted molar refractivity (Wildman–Crippen MR) is 82.9 cm³/mol. The molecule has 2 N–H and O–H groups in total. The Kier molecular flexibility index (Phi) is 4.18. The highest BCUT2D eigenvalue weighted by Gasteiger charge is 2.43. The topological polar surface area (TPSA) is 35.5 Å². The summed E-state index contributed by atoms with van der Waals surface area (Å²) in [7, 11) is 1.86. The predicted octanol–water partition coefficient (Wildman–Crippen LogP) is 2.68. The van der Waals surface area contributed by atoms with Crippen molar-refractivity contribution in [3.05, 3.63) is 29.6 Å². The average Bonchev–Trinajstić information content (AvgIpc) is 2.47. The number of fused-ring (bicyclic) bond motifs is 1. The fourth-order valence-electron chi connectivity index (χ4n) is 3.91. The first-order chi connectivity index (χ1) is 10.1. The zero-order chi connectivity index (χ0) is 14.9. The fourth-order valence-corrected chi connectivity index (χ4v) is 3.91. The average molecular weight is 292 g/mol. The maximum Gasteiger partial charge on any atom is 0.146 e. The molecule has 0 aromatic heterocycles. The van der Waals surface area contributed by atoms with Crippen molar-refractivity contribution in [2.75, 3.05) is 25.0 Å². The van der Waals surface area contributed by atoms with Gasteiger partial charge in [-0.15, -0.1) is 0 Å². The lowest BCUT2D eigenvalue weighted by Crippen LogP contribution is -2.53. The van der Waals surface area contributed by atoms with E-state index in [9.17, 15) is 9.50 Å². The van der Waals surface area contributed by atoms with Gasteiger partial charge in [-0.05, 0) is 44.0 Å². The van der Waals surface area contributed by atoms with Crippen LogP contribution in [0.4, 0.5) is 10.1 Å². The van der Waals surface area contributed by atoms with Gasteiger partial charge in [-0.1, -0.05) is 18.9 Å². The van der Waals surface area contributed by atoms with Crippen LogP contribution in [0.1, 0.15) is 37.7 Å². The summed E-state index contributed by atoms with van der Waals surface area (Å²) in [4.78, 5) is 2.11. The van der Waals surface area contributed by atoms with Crippen LogP contribution in [0, 0.1) is 11.7 Å². The van der Waals surface area contributed by atoms with Crippen molar-refractivity contribution in [1.82, 2.24) is 5.32 Å². The van der Waals surface area contributed by atoms with Gasteiger partial charge in [0.25, 0.3) is 0 Å². The highest BCUT2D eigenvalue weighted by atomic mass is 19.1. The first-order valence-electron chi connectivity index (χ1n) is 8.03. The minimum atomic E-state index is -0.503. The molecule has 0 bridgehead atoms. The van der Waals surface area contributed by atoms with E-state index >= 15 is 0 Å². The Bertz CT molecular complexity index is 508. The molecule has 1 aliphatic carbocycles. The van der Waals surface area contributed by atoms with Crippen LogP contribution >= 0.6 is 0 Å². The Morgan fingerprint density at radius 1 is 1.38 bits per heavy atom. The molecular weight excluding hydrogens is 267 g/mol. The van der Waals surface area contributed by atoms with E-state index in [1.54, 1.807) is 6.07 Å². The molecule has 1 saturated carbocycles. The number of anilines is 1. The van der Waals surface area contributed by atoms with E-state index in [0.29, 0.717) is 12.2 Å². The largest absolute Gasteiger partial charge is 0.389 e. The van der Waals surface area contributed by atoms with Gasteiger partial charge < -0.3 is 15.3 Å². The lowest BCUT2D eigenvalue weighted by atomic mass is 9.71. The Hall–Kier alpha value is -1.13. The van der Waals surface area contributed by atoms with Gasteiger partial charge in [-0.2, -0.15) is 0 Å². The van der Waals surface area contributed by atoms with Crippen LogP contribution in [-0.2, 0) is 6.54 Å². The zero-order valence-electron chi connectivity index (χ0n) is 12.7. The monoisotopic (exact) mass is 292 g/mol. The third-order valence-corrected chi connectivity index (χ3v) is 5.16. The van der Waals surface area contributed by atoms with Gasteiger partial charge in [0.15, 0.2) is 0 Å². The summed E-state index contributed by atoms with van der Waals surface area (Å²) in [5, 5.41) is 13.7. The number of hydrogen-bond acceptors (Lipinski definition) is 3. The molecule has 1 aromatic carbocycles. The summed E-state index contributed by atoms with van der Waals surface area (Å²) in [5.41, 5.74) is 1.14.